The zero-order valence-corrected chi connectivity index (χ0v) is 15.0. The fourth-order valence-corrected chi connectivity index (χ4v) is 2.76. The van der Waals surface area contributed by atoms with Crippen molar-refractivity contribution in [2.45, 2.75) is 25.2 Å². The Hall–Kier alpha value is -3.60. The Labute approximate surface area is 157 Å². The van der Waals surface area contributed by atoms with E-state index in [-0.39, 0.29) is 0 Å². The van der Waals surface area contributed by atoms with E-state index < -0.39 is 0 Å². The first-order chi connectivity index (χ1) is 13.2. The summed E-state index contributed by atoms with van der Waals surface area (Å²) in [4.78, 5) is 8.96. The molecule has 0 saturated heterocycles. The van der Waals surface area contributed by atoms with Crippen LogP contribution in [0.5, 0.6) is 0 Å². The lowest BCUT2D eigenvalue weighted by molar-refractivity contribution is 0.966. The third-order valence-electron chi connectivity index (χ3n) is 4.35. The predicted octanol–water partition coefficient (Wildman–Crippen LogP) is 3.67. The molecule has 136 valence electrons. The lowest BCUT2D eigenvalue weighted by atomic mass is 10.1. The van der Waals surface area contributed by atoms with Crippen LogP contribution in [0.15, 0.2) is 36.4 Å². The molecular formula is C19H20N8. The van der Waals surface area contributed by atoms with Gasteiger partial charge in [-0.05, 0) is 30.5 Å². The van der Waals surface area contributed by atoms with Gasteiger partial charge >= 0.3 is 0 Å². The molecule has 0 spiro atoms. The second-order valence-electron chi connectivity index (χ2n) is 6.48. The Kier molecular flexibility index (Phi) is 4.58. The molecule has 0 radical (unpaired) electrons. The molecule has 1 fully saturated rings. The molecule has 0 amide bonds. The molecular weight excluding hydrogens is 340 g/mol. The second-order valence-corrected chi connectivity index (χ2v) is 6.48. The first-order valence-corrected chi connectivity index (χ1v) is 8.85. The third-order valence-corrected chi connectivity index (χ3v) is 4.35. The van der Waals surface area contributed by atoms with Gasteiger partial charge in [-0.2, -0.15) is 20.3 Å². The van der Waals surface area contributed by atoms with Gasteiger partial charge in [0.05, 0.1) is 12.5 Å². The van der Waals surface area contributed by atoms with Crippen LogP contribution in [0, 0.1) is 11.3 Å². The molecule has 2 heterocycles. The van der Waals surface area contributed by atoms with Gasteiger partial charge in [0.2, 0.25) is 5.95 Å². The molecule has 4 N–H and O–H groups in total. The fraction of sp³-hybridized carbons (Fsp3) is 0.263. The summed E-state index contributed by atoms with van der Waals surface area (Å²) in [6, 6.07) is 13.6. The number of benzene rings is 1. The minimum Gasteiger partial charge on any atom is -0.373 e. The minimum atomic E-state index is 0.395. The topological polar surface area (TPSA) is 114 Å². The van der Waals surface area contributed by atoms with Crippen molar-refractivity contribution in [3.63, 3.8) is 0 Å². The Balaban J connectivity index is 1.51. The number of rotatable bonds is 7. The van der Waals surface area contributed by atoms with Crippen LogP contribution in [0.2, 0.25) is 0 Å². The Morgan fingerprint density at radius 2 is 1.85 bits per heavy atom. The van der Waals surface area contributed by atoms with Crippen LogP contribution in [0.1, 0.15) is 30.0 Å². The van der Waals surface area contributed by atoms with Gasteiger partial charge in [-0.25, -0.2) is 0 Å². The molecule has 1 aromatic carbocycles. The normalized spacial score (nSPS) is 13.0. The molecule has 1 aliphatic carbocycles. The van der Waals surface area contributed by atoms with Crippen LogP contribution >= 0.6 is 0 Å². The molecule has 0 bridgehead atoms. The summed E-state index contributed by atoms with van der Waals surface area (Å²) in [6.45, 7) is 0. The molecule has 1 aliphatic rings. The largest absolute Gasteiger partial charge is 0.373 e. The SMILES string of the molecule is CNc1cc(Nc2cc(C3CC3)[nH]n2)nc(Nc2ccc(CC#N)cc2)n1. The zero-order chi connectivity index (χ0) is 18.6. The number of hydrogen-bond acceptors (Lipinski definition) is 7. The Morgan fingerprint density at radius 1 is 1.07 bits per heavy atom. The summed E-state index contributed by atoms with van der Waals surface area (Å²) >= 11 is 0. The Bertz CT molecular complexity index is 966. The number of nitrogens with one attached hydrogen (secondary N) is 4. The molecule has 0 aliphatic heterocycles. The molecule has 8 heteroatoms. The minimum absolute atomic E-state index is 0.395. The van der Waals surface area contributed by atoms with Crippen LogP contribution < -0.4 is 16.0 Å². The number of aromatic amines is 1. The lowest BCUT2D eigenvalue weighted by Gasteiger charge is -2.10. The van der Waals surface area contributed by atoms with Crippen LogP contribution in [0.3, 0.4) is 0 Å². The van der Waals surface area contributed by atoms with E-state index in [9.17, 15) is 0 Å². The van der Waals surface area contributed by atoms with E-state index in [1.54, 1.807) is 0 Å². The number of hydrogen-bond donors (Lipinski definition) is 4. The van der Waals surface area contributed by atoms with E-state index in [0.29, 0.717) is 29.9 Å². The predicted molar refractivity (Wildman–Crippen MR) is 104 cm³/mol. The molecule has 0 unspecified atom stereocenters. The second kappa shape index (κ2) is 7.33. The van der Waals surface area contributed by atoms with Gasteiger partial charge in [0.1, 0.15) is 11.6 Å². The van der Waals surface area contributed by atoms with E-state index in [1.165, 1.54) is 12.8 Å². The first kappa shape index (κ1) is 16.8. The van der Waals surface area contributed by atoms with E-state index in [2.05, 4.69) is 42.2 Å². The Morgan fingerprint density at radius 3 is 2.56 bits per heavy atom. The molecule has 4 rings (SSSR count). The molecule has 1 saturated carbocycles. The van der Waals surface area contributed by atoms with E-state index in [1.807, 2.05) is 43.4 Å². The highest BCUT2D eigenvalue weighted by atomic mass is 15.2. The van der Waals surface area contributed by atoms with Crippen molar-refractivity contribution in [1.29, 1.82) is 5.26 Å². The summed E-state index contributed by atoms with van der Waals surface area (Å²) in [7, 11) is 1.81. The molecule has 2 aromatic heterocycles. The average molecular weight is 360 g/mol. The van der Waals surface area contributed by atoms with Gasteiger partial charge < -0.3 is 16.0 Å². The highest BCUT2D eigenvalue weighted by Gasteiger charge is 2.25. The number of H-pyrrole nitrogens is 1. The van der Waals surface area contributed by atoms with Gasteiger partial charge in [0, 0.05) is 36.5 Å². The summed E-state index contributed by atoms with van der Waals surface area (Å²) in [5.74, 6) is 3.16. The summed E-state index contributed by atoms with van der Waals surface area (Å²) in [5.41, 5.74) is 2.99. The monoisotopic (exact) mass is 360 g/mol. The number of aromatic nitrogens is 4. The maximum atomic E-state index is 8.76. The maximum Gasteiger partial charge on any atom is 0.231 e. The highest BCUT2D eigenvalue weighted by Crippen LogP contribution is 2.39. The number of nitriles is 1. The van der Waals surface area contributed by atoms with E-state index >= 15 is 0 Å². The van der Waals surface area contributed by atoms with Gasteiger partial charge in [-0.15, -0.1) is 0 Å². The average Bonchev–Trinajstić information content (AvgIpc) is 3.43. The maximum absolute atomic E-state index is 8.76. The van der Waals surface area contributed by atoms with Crippen LogP contribution in [0.4, 0.5) is 29.1 Å². The van der Waals surface area contributed by atoms with Crippen molar-refractivity contribution < 1.29 is 0 Å². The number of nitrogens with zero attached hydrogens (tertiary/aromatic N) is 4. The van der Waals surface area contributed by atoms with Crippen LogP contribution in [-0.2, 0) is 6.42 Å². The van der Waals surface area contributed by atoms with Crippen LogP contribution in [-0.4, -0.2) is 27.2 Å². The van der Waals surface area contributed by atoms with E-state index in [4.69, 9.17) is 5.26 Å². The zero-order valence-electron chi connectivity index (χ0n) is 15.0. The van der Waals surface area contributed by atoms with Crippen molar-refractivity contribution >= 4 is 29.1 Å². The molecule has 3 aromatic rings. The van der Waals surface area contributed by atoms with Gasteiger partial charge in [0.25, 0.3) is 0 Å². The standard InChI is InChI=1S/C19H20N8/c1-21-16-11-17(23-18-10-15(26-27-18)13-4-5-13)25-19(24-16)22-14-6-2-12(3-7-14)8-9-20/h2-3,6-7,10-11,13H,4-5,8H2,1H3,(H4,21,22,23,24,25,26,27). The van der Waals surface area contributed by atoms with Crippen molar-refractivity contribution in [2.75, 3.05) is 23.0 Å². The van der Waals surface area contributed by atoms with E-state index in [0.717, 1.165) is 22.8 Å². The van der Waals surface area contributed by atoms with Gasteiger partial charge in [-0.1, -0.05) is 12.1 Å². The fourth-order valence-electron chi connectivity index (χ4n) is 2.76. The van der Waals surface area contributed by atoms with Gasteiger partial charge in [0.15, 0.2) is 5.82 Å². The lowest BCUT2D eigenvalue weighted by Crippen LogP contribution is -2.04. The molecule has 0 atom stereocenters. The molecule has 27 heavy (non-hydrogen) atoms. The van der Waals surface area contributed by atoms with Gasteiger partial charge in [-0.3, -0.25) is 5.10 Å². The van der Waals surface area contributed by atoms with Crippen molar-refractivity contribution in [3.05, 3.63) is 47.7 Å². The first-order valence-electron chi connectivity index (χ1n) is 8.85. The highest BCUT2D eigenvalue weighted by molar-refractivity contribution is 5.62. The smallest absolute Gasteiger partial charge is 0.231 e. The molecule has 8 nitrogen and oxygen atoms in total. The van der Waals surface area contributed by atoms with Crippen molar-refractivity contribution in [2.24, 2.45) is 0 Å². The van der Waals surface area contributed by atoms with Crippen molar-refractivity contribution in [1.82, 2.24) is 20.2 Å². The van der Waals surface area contributed by atoms with Crippen molar-refractivity contribution in [3.8, 4) is 6.07 Å². The summed E-state index contributed by atoms with van der Waals surface area (Å²) < 4.78 is 0. The summed E-state index contributed by atoms with van der Waals surface area (Å²) in [5, 5.41) is 25.6. The quantitative estimate of drug-likeness (QED) is 0.508. The van der Waals surface area contributed by atoms with Crippen LogP contribution in [0.25, 0.3) is 0 Å². The number of anilines is 5. The summed E-state index contributed by atoms with van der Waals surface area (Å²) in [6.07, 6.45) is 2.84. The third kappa shape index (κ3) is 4.15.